The van der Waals surface area contributed by atoms with Crippen molar-refractivity contribution < 1.29 is 24.3 Å². The summed E-state index contributed by atoms with van der Waals surface area (Å²) >= 11 is 0. The summed E-state index contributed by atoms with van der Waals surface area (Å²) in [5.74, 6) is 0.752. The lowest BCUT2D eigenvalue weighted by atomic mass is 9.47. The second kappa shape index (κ2) is 9.98. The standard InChI is InChI=1S/C29H40N4O5/c1-27-10-7-19(33-38-16-25(34)32-24(26(35)37-4)14-20-15-30-17-31-20)13-18(27)5-6-21-22(27)8-11-28(2)23(21)9-12-29(28,3)36/h7,10,13,15,17,21-24,36H,5-6,8-9,11-12,14,16H2,1-4H3,(H,30,31)(H,32,34)/b33-19+/t21-,22+,23+,24+,27-,28-,29-/m0/s1. The van der Waals surface area contributed by atoms with Crippen LogP contribution >= 0.6 is 0 Å². The van der Waals surface area contributed by atoms with E-state index in [1.165, 1.54) is 19.0 Å². The van der Waals surface area contributed by atoms with Crippen LogP contribution in [0.15, 0.2) is 41.5 Å². The van der Waals surface area contributed by atoms with Gasteiger partial charge in [0.2, 0.25) is 0 Å². The maximum Gasteiger partial charge on any atom is 0.328 e. The van der Waals surface area contributed by atoms with Gasteiger partial charge in [0.15, 0.2) is 6.61 Å². The quantitative estimate of drug-likeness (QED) is 0.370. The molecule has 0 spiro atoms. The van der Waals surface area contributed by atoms with E-state index in [2.05, 4.69) is 46.4 Å². The van der Waals surface area contributed by atoms with E-state index in [0.29, 0.717) is 29.2 Å². The van der Waals surface area contributed by atoms with Crippen LogP contribution in [0.5, 0.6) is 0 Å². The van der Waals surface area contributed by atoms with E-state index in [1.807, 2.05) is 13.0 Å². The van der Waals surface area contributed by atoms with E-state index in [-0.39, 0.29) is 23.9 Å². The molecular weight excluding hydrogens is 484 g/mol. The number of ether oxygens (including phenoxy) is 1. The number of hydrogen-bond donors (Lipinski definition) is 3. The van der Waals surface area contributed by atoms with Gasteiger partial charge < -0.3 is 25.0 Å². The lowest BCUT2D eigenvalue weighted by Gasteiger charge is -2.58. The molecule has 9 nitrogen and oxygen atoms in total. The molecule has 1 aromatic heterocycles. The molecule has 1 amide bonds. The van der Waals surface area contributed by atoms with Gasteiger partial charge in [0.25, 0.3) is 5.91 Å². The molecule has 0 aromatic carbocycles. The van der Waals surface area contributed by atoms with Gasteiger partial charge >= 0.3 is 5.97 Å². The SMILES string of the molecule is COC(=O)[C@@H](Cc1cnc[nH]1)NC(=O)CO/N=C1\C=C[C@@]2(C)C(=C1)CC[C@H]1[C@H]2CC[C@@]2(C)[C@@H]1CC[C@]2(C)O. The van der Waals surface area contributed by atoms with Crippen molar-refractivity contribution in [1.82, 2.24) is 15.3 Å². The van der Waals surface area contributed by atoms with E-state index < -0.39 is 23.5 Å². The number of oxime groups is 1. The van der Waals surface area contributed by atoms with Crippen LogP contribution in [0.1, 0.15) is 65.0 Å². The molecule has 4 aliphatic carbocycles. The maximum atomic E-state index is 12.5. The van der Waals surface area contributed by atoms with E-state index in [0.717, 1.165) is 38.5 Å². The predicted molar refractivity (Wildman–Crippen MR) is 142 cm³/mol. The van der Waals surface area contributed by atoms with Crippen molar-refractivity contribution in [2.24, 2.45) is 33.7 Å². The molecule has 38 heavy (non-hydrogen) atoms. The van der Waals surface area contributed by atoms with Crippen molar-refractivity contribution in [3.63, 3.8) is 0 Å². The number of aromatic amines is 1. The Kier molecular flexibility index (Phi) is 7.00. The Hall–Kier alpha value is -2.94. The Labute approximate surface area is 224 Å². The highest BCUT2D eigenvalue weighted by Crippen LogP contribution is 2.66. The number of aliphatic hydroxyl groups is 1. The van der Waals surface area contributed by atoms with Crippen molar-refractivity contribution >= 4 is 17.6 Å². The van der Waals surface area contributed by atoms with Crippen LogP contribution in [-0.4, -0.2) is 58.0 Å². The number of methoxy groups -OCH3 is 1. The van der Waals surface area contributed by atoms with Gasteiger partial charge in [-0.1, -0.05) is 30.7 Å². The molecule has 5 rings (SSSR count). The van der Waals surface area contributed by atoms with E-state index >= 15 is 0 Å². The summed E-state index contributed by atoms with van der Waals surface area (Å²) in [7, 11) is 1.28. The minimum absolute atomic E-state index is 0.0103. The summed E-state index contributed by atoms with van der Waals surface area (Å²) in [6.07, 6.45) is 16.1. The normalized spacial score (nSPS) is 37.4. The summed E-state index contributed by atoms with van der Waals surface area (Å²) in [6.45, 7) is 6.40. The number of imidazole rings is 1. The molecular formula is C29H40N4O5. The number of allylic oxidation sites excluding steroid dienone is 4. The monoisotopic (exact) mass is 524 g/mol. The van der Waals surface area contributed by atoms with Crippen LogP contribution in [0.25, 0.3) is 0 Å². The molecule has 9 heteroatoms. The second-order valence-electron chi connectivity index (χ2n) is 12.2. The number of nitrogens with zero attached hydrogens (tertiary/aromatic N) is 2. The van der Waals surface area contributed by atoms with Gasteiger partial charge in [-0.3, -0.25) is 4.79 Å². The van der Waals surface area contributed by atoms with Gasteiger partial charge in [0.05, 0.1) is 19.0 Å². The zero-order valence-corrected chi connectivity index (χ0v) is 22.8. The fraction of sp³-hybridized carbons (Fsp3) is 0.655. The Morgan fingerprint density at radius 3 is 2.76 bits per heavy atom. The van der Waals surface area contributed by atoms with Crippen molar-refractivity contribution in [2.45, 2.75) is 77.4 Å². The third kappa shape index (κ3) is 4.59. The van der Waals surface area contributed by atoms with Gasteiger partial charge in [0, 0.05) is 23.7 Å². The largest absolute Gasteiger partial charge is 0.467 e. The smallest absolute Gasteiger partial charge is 0.328 e. The molecule has 0 unspecified atom stereocenters. The van der Waals surface area contributed by atoms with E-state index in [4.69, 9.17) is 9.57 Å². The zero-order chi connectivity index (χ0) is 27.1. The first-order valence-electron chi connectivity index (χ1n) is 13.7. The number of esters is 1. The highest BCUT2D eigenvalue weighted by molar-refractivity contribution is 6.05. The topological polar surface area (TPSA) is 126 Å². The van der Waals surface area contributed by atoms with Crippen molar-refractivity contribution in [3.8, 4) is 0 Å². The number of carbonyl (C=O) groups excluding carboxylic acids is 2. The molecule has 3 saturated carbocycles. The fourth-order valence-corrected chi connectivity index (χ4v) is 7.86. The van der Waals surface area contributed by atoms with Crippen LogP contribution in [0, 0.1) is 28.6 Å². The highest BCUT2D eigenvalue weighted by atomic mass is 16.6. The molecule has 0 saturated heterocycles. The molecule has 0 bridgehead atoms. The predicted octanol–water partition coefficient (Wildman–Crippen LogP) is 3.47. The van der Waals surface area contributed by atoms with Crippen molar-refractivity contribution in [1.29, 1.82) is 0 Å². The van der Waals surface area contributed by atoms with Crippen LogP contribution in [-0.2, 0) is 25.6 Å². The number of amides is 1. The first kappa shape index (κ1) is 26.7. The Balaban J connectivity index is 1.20. The number of carbonyl (C=O) groups is 2. The second-order valence-corrected chi connectivity index (χ2v) is 12.2. The van der Waals surface area contributed by atoms with Gasteiger partial charge in [-0.15, -0.1) is 0 Å². The molecule has 4 aliphatic rings. The van der Waals surface area contributed by atoms with Gasteiger partial charge in [0.1, 0.15) is 11.8 Å². The molecule has 3 N–H and O–H groups in total. The molecule has 1 heterocycles. The fourth-order valence-electron chi connectivity index (χ4n) is 7.86. The lowest BCUT2D eigenvalue weighted by molar-refractivity contribution is -0.145. The Bertz CT molecular complexity index is 1160. The average Bonchev–Trinajstić information content (AvgIpc) is 3.48. The lowest BCUT2D eigenvalue weighted by Crippen LogP contribution is -2.53. The minimum Gasteiger partial charge on any atom is -0.467 e. The first-order chi connectivity index (χ1) is 18.1. The van der Waals surface area contributed by atoms with Gasteiger partial charge in [-0.2, -0.15) is 0 Å². The molecule has 0 radical (unpaired) electrons. The van der Waals surface area contributed by atoms with E-state index in [1.54, 1.807) is 6.20 Å². The number of aromatic nitrogens is 2. The van der Waals surface area contributed by atoms with Gasteiger partial charge in [-0.05, 0) is 80.8 Å². The molecule has 0 aliphatic heterocycles. The Morgan fingerprint density at radius 1 is 1.24 bits per heavy atom. The number of nitrogens with one attached hydrogen (secondary N) is 2. The maximum absolute atomic E-state index is 12.5. The third-order valence-corrected chi connectivity index (χ3v) is 10.3. The molecule has 1 aromatic rings. The van der Waals surface area contributed by atoms with Crippen LogP contribution in [0.2, 0.25) is 0 Å². The minimum atomic E-state index is -0.849. The molecule has 3 fully saturated rings. The third-order valence-electron chi connectivity index (χ3n) is 10.3. The summed E-state index contributed by atoms with van der Waals surface area (Å²) < 4.78 is 4.81. The molecule has 206 valence electrons. The zero-order valence-electron chi connectivity index (χ0n) is 22.8. The first-order valence-corrected chi connectivity index (χ1v) is 13.7. The summed E-state index contributed by atoms with van der Waals surface area (Å²) in [5.41, 5.74) is 2.19. The van der Waals surface area contributed by atoms with E-state index in [9.17, 15) is 14.7 Å². The number of H-pyrrole nitrogens is 1. The van der Waals surface area contributed by atoms with Gasteiger partial charge in [-0.25, -0.2) is 9.78 Å². The van der Waals surface area contributed by atoms with Crippen LogP contribution in [0.3, 0.4) is 0 Å². The Morgan fingerprint density at radius 2 is 2.03 bits per heavy atom. The summed E-state index contributed by atoms with van der Waals surface area (Å²) in [6, 6.07) is -0.849. The number of rotatable bonds is 7. The van der Waals surface area contributed by atoms with Crippen LogP contribution < -0.4 is 5.32 Å². The van der Waals surface area contributed by atoms with Crippen molar-refractivity contribution in [3.05, 3.63) is 42.0 Å². The summed E-state index contributed by atoms with van der Waals surface area (Å²) in [5, 5.41) is 18.0. The number of hydrogen-bond acceptors (Lipinski definition) is 7. The molecule has 7 atom stereocenters. The summed E-state index contributed by atoms with van der Waals surface area (Å²) in [4.78, 5) is 36.8. The van der Waals surface area contributed by atoms with Crippen molar-refractivity contribution in [2.75, 3.05) is 13.7 Å². The number of fused-ring (bicyclic) bond motifs is 5. The van der Waals surface area contributed by atoms with Crippen LogP contribution in [0.4, 0.5) is 0 Å². The average molecular weight is 525 g/mol. The highest BCUT2D eigenvalue weighted by Gasteiger charge is 2.61.